The number of fused-ring (bicyclic) bond motifs is 1. The largest absolute Gasteiger partial charge is 0.263 e. The first-order valence-electron chi connectivity index (χ1n) is 5.29. The fourth-order valence-corrected chi connectivity index (χ4v) is 2.29. The molecule has 0 saturated carbocycles. The van der Waals surface area contributed by atoms with Gasteiger partial charge in [-0.15, -0.1) is 0 Å². The van der Waals surface area contributed by atoms with E-state index in [-0.39, 0.29) is 0 Å². The fourth-order valence-electron chi connectivity index (χ4n) is 1.77. The molecule has 18 heavy (non-hydrogen) atoms. The molecule has 0 amide bonds. The maximum Gasteiger partial charge on any atom is 0.108 e. The smallest absolute Gasteiger partial charge is 0.108 e. The molecular weight excluding hydrogens is 316 g/mol. The Bertz CT molecular complexity index is 710. The van der Waals surface area contributed by atoms with E-state index in [1.807, 2.05) is 16.8 Å². The number of nitrogens with zero attached hydrogens (tertiary/aromatic N) is 4. The van der Waals surface area contributed by atoms with Crippen LogP contribution in [-0.4, -0.2) is 19.7 Å². The van der Waals surface area contributed by atoms with Crippen molar-refractivity contribution in [3.8, 4) is 0 Å². The Labute approximate surface area is 117 Å². The van der Waals surface area contributed by atoms with Crippen molar-refractivity contribution in [2.75, 3.05) is 0 Å². The summed E-state index contributed by atoms with van der Waals surface area (Å²) in [5.41, 5.74) is 2.85. The normalized spacial score (nSPS) is 11.0. The van der Waals surface area contributed by atoms with E-state index in [0.717, 1.165) is 21.1 Å². The van der Waals surface area contributed by atoms with E-state index >= 15 is 0 Å². The molecule has 0 saturated heterocycles. The van der Waals surface area contributed by atoms with Gasteiger partial charge in [-0.05, 0) is 33.6 Å². The zero-order valence-corrected chi connectivity index (χ0v) is 11.6. The third kappa shape index (κ3) is 2.23. The van der Waals surface area contributed by atoms with Crippen molar-refractivity contribution < 1.29 is 0 Å². The topological polar surface area (TPSA) is 43.6 Å². The third-order valence-corrected chi connectivity index (χ3v) is 3.20. The van der Waals surface area contributed by atoms with E-state index in [0.29, 0.717) is 11.6 Å². The molecule has 3 rings (SSSR count). The Kier molecular flexibility index (Phi) is 3.01. The summed E-state index contributed by atoms with van der Waals surface area (Å²) in [5.74, 6) is 0. The number of pyridine rings is 2. The summed E-state index contributed by atoms with van der Waals surface area (Å²) < 4.78 is 2.81. The van der Waals surface area contributed by atoms with E-state index in [1.54, 1.807) is 24.8 Å². The zero-order chi connectivity index (χ0) is 12.5. The number of hydrogen-bond acceptors (Lipinski definition) is 3. The van der Waals surface area contributed by atoms with E-state index < -0.39 is 0 Å². The predicted octanol–water partition coefficient (Wildman–Crippen LogP) is 3.29. The molecule has 3 aromatic rings. The molecule has 6 heteroatoms. The highest BCUT2D eigenvalue weighted by Gasteiger charge is 2.05. The Morgan fingerprint density at radius 1 is 1.17 bits per heavy atom. The lowest BCUT2D eigenvalue weighted by atomic mass is 10.3. The minimum atomic E-state index is 0.620. The lowest BCUT2D eigenvalue weighted by Gasteiger charge is -2.04. The first kappa shape index (κ1) is 11.6. The van der Waals surface area contributed by atoms with Crippen LogP contribution in [0.25, 0.3) is 11.0 Å². The van der Waals surface area contributed by atoms with Gasteiger partial charge in [-0.2, -0.15) is 5.10 Å². The van der Waals surface area contributed by atoms with E-state index in [2.05, 4.69) is 31.0 Å². The predicted molar refractivity (Wildman–Crippen MR) is 73.6 cm³/mol. The van der Waals surface area contributed by atoms with Gasteiger partial charge in [-0.3, -0.25) is 14.6 Å². The van der Waals surface area contributed by atoms with Gasteiger partial charge in [0.1, 0.15) is 5.52 Å². The van der Waals surface area contributed by atoms with Gasteiger partial charge in [-0.1, -0.05) is 11.6 Å². The lowest BCUT2D eigenvalue weighted by molar-refractivity contribution is 0.709. The molecule has 0 radical (unpaired) electrons. The molecule has 90 valence electrons. The Hall–Kier alpha value is -1.46. The molecule has 0 aliphatic carbocycles. The van der Waals surface area contributed by atoms with Gasteiger partial charge in [0, 0.05) is 23.1 Å². The van der Waals surface area contributed by atoms with E-state index in [4.69, 9.17) is 11.6 Å². The highest BCUT2D eigenvalue weighted by molar-refractivity contribution is 9.10. The number of hydrogen-bond donors (Lipinski definition) is 0. The van der Waals surface area contributed by atoms with Crippen LogP contribution in [0.1, 0.15) is 5.56 Å². The Morgan fingerprint density at radius 2 is 2.06 bits per heavy atom. The van der Waals surface area contributed by atoms with Gasteiger partial charge < -0.3 is 0 Å². The van der Waals surface area contributed by atoms with Crippen LogP contribution in [0.15, 0.2) is 41.4 Å². The maximum absolute atomic E-state index is 5.92. The summed E-state index contributed by atoms with van der Waals surface area (Å²) in [6.45, 7) is 0.620. The molecule has 3 heterocycles. The molecule has 0 aromatic carbocycles. The fraction of sp³-hybridized carbons (Fsp3) is 0.0833. The van der Waals surface area contributed by atoms with E-state index in [9.17, 15) is 0 Å². The van der Waals surface area contributed by atoms with Crippen molar-refractivity contribution in [1.29, 1.82) is 0 Å². The average molecular weight is 324 g/mol. The molecule has 0 unspecified atom stereocenters. The van der Waals surface area contributed by atoms with Gasteiger partial charge >= 0.3 is 0 Å². The number of halogens is 2. The Balaban J connectivity index is 2.02. The van der Waals surface area contributed by atoms with Crippen LogP contribution in [0.5, 0.6) is 0 Å². The molecule has 0 aliphatic heterocycles. The highest BCUT2D eigenvalue weighted by Crippen LogP contribution is 2.18. The van der Waals surface area contributed by atoms with Crippen LogP contribution in [0.3, 0.4) is 0 Å². The van der Waals surface area contributed by atoms with Crippen LogP contribution in [0, 0.1) is 0 Å². The van der Waals surface area contributed by atoms with Crippen molar-refractivity contribution in [2.24, 2.45) is 0 Å². The first-order valence-corrected chi connectivity index (χ1v) is 6.46. The summed E-state index contributed by atoms with van der Waals surface area (Å²) in [6.07, 6.45) is 6.91. The van der Waals surface area contributed by atoms with Crippen LogP contribution in [-0.2, 0) is 6.54 Å². The quantitative estimate of drug-likeness (QED) is 0.727. The Morgan fingerprint density at radius 3 is 2.89 bits per heavy atom. The van der Waals surface area contributed by atoms with Gasteiger partial charge in [-0.25, -0.2) is 0 Å². The van der Waals surface area contributed by atoms with Gasteiger partial charge in [0.2, 0.25) is 0 Å². The molecule has 0 atom stereocenters. The first-order chi connectivity index (χ1) is 8.72. The van der Waals surface area contributed by atoms with Gasteiger partial charge in [0.15, 0.2) is 0 Å². The average Bonchev–Trinajstić information content (AvgIpc) is 2.72. The zero-order valence-electron chi connectivity index (χ0n) is 9.22. The summed E-state index contributed by atoms with van der Waals surface area (Å²) >= 11 is 9.33. The molecule has 4 nitrogen and oxygen atoms in total. The van der Waals surface area contributed by atoms with Crippen LogP contribution in [0.2, 0.25) is 5.02 Å². The van der Waals surface area contributed by atoms with Crippen molar-refractivity contribution >= 4 is 38.6 Å². The van der Waals surface area contributed by atoms with Crippen molar-refractivity contribution in [3.05, 3.63) is 52.0 Å². The molecule has 0 spiro atoms. The SMILES string of the molecule is Clc1cncc(Cn2ncc3ncc(Br)cc32)c1. The van der Waals surface area contributed by atoms with Gasteiger partial charge in [0.25, 0.3) is 0 Å². The van der Waals surface area contributed by atoms with Crippen LogP contribution in [0.4, 0.5) is 0 Å². The minimum Gasteiger partial charge on any atom is -0.263 e. The summed E-state index contributed by atoms with van der Waals surface area (Å²) in [7, 11) is 0. The molecule has 0 bridgehead atoms. The second kappa shape index (κ2) is 4.66. The van der Waals surface area contributed by atoms with Gasteiger partial charge in [0.05, 0.1) is 23.3 Å². The molecule has 0 aliphatic rings. The van der Waals surface area contributed by atoms with E-state index in [1.165, 1.54) is 0 Å². The van der Waals surface area contributed by atoms with Crippen LogP contribution >= 0.6 is 27.5 Å². The van der Waals surface area contributed by atoms with Crippen molar-refractivity contribution in [2.45, 2.75) is 6.54 Å². The second-order valence-corrected chi connectivity index (χ2v) is 5.22. The monoisotopic (exact) mass is 322 g/mol. The maximum atomic E-state index is 5.92. The van der Waals surface area contributed by atoms with Crippen molar-refractivity contribution in [3.63, 3.8) is 0 Å². The molecular formula is C12H8BrClN4. The summed E-state index contributed by atoms with van der Waals surface area (Å²) in [5, 5.41) is 4.95. The van der Waals surface area contributed by atoms with Crippen LogP contribution < -0.4 is 0 Å². The second-order valence-electron chi connectivity index (χ2n) is 3.87. The highest BCUT2D eigenvalue weighted by atomic mass is 79.9. The standard InChI is InChI=1S/C12H8BrClN4/c13-9-2-12-11(16-4-9)6-17-18(12)7-8-1-10(14)5-15-3-8/h1-6H,7H2. The third-order valence-electron chi connectivity index (χ3n) is 2.56. The minimum absolute atomic E-state index is 0.620. The molecule has 0 N–H and O–H groups in total. The molecule has 0 fully saturated rings. The lowest BCUT2D eigenvalue weighted by Crippen LogP contribution is -2.01. The summed E-state index contributed by atoms with van der Waals surface area (Å²) in [6, 6.07) is 3.88. The molecule has 3 aromatic heterocycles. The number of aromatic nitrogens is 4. The summed E-state index contributed by atoms with van der Waals surface area (Å²) in [4.78, 5) is 8.35. The van der Waals surface area contributed by atoms with Crippen molar-refractivity contribution in [1.82, 2.24) is 19.7 Å². The number of rotatable bonds is 2.